The van der Waals surface area contributed by atoms with Crippen LogP contribution in [-0.2, 0) is 4.79 Å². The molecule has 1 saturated carbocycles. The molecule has 0 radical (unpaired) electrons. The molecule has 1 amide bonds. The van der Waals surface area contributed by atoms with Gasteiger partial charge in [0, 0.05) is 12.5 Å². The molecule has 0 saturated heterocycles. The lowest BCUT2D eigenvalue weighted by molar-refractivity contribution is -0.125. The van der Waals surface area contributed by atoms with Crippen LogP contribution in [0.3, 0.4) is 0 Å². The third-order valence-corrected chi connectivity index (χ3v) is 3.53. The molecule has 16 heavy (non-hydrogen) atoms. The summed E-state index contributed by atoms with van der Waals surface area (Å²) in [7, 11) is 0. The molecule has 1 N–H and O–H groups in total. The van der Waals surface area contributed by atoms with E-state index >= 15 is 0 Å². The van der Waals surface area contributed by atoms with Gasteiger partial charge in [0.1, 0.15) is 0 Å². The largest absolute Gasteiger partial charge is 0.356 e. The van der Waals surface area contributed by atoms with Crippen molar-refractivity contribution < 1.29 is 4.79 Å². The van der Waals surface area contributed by atoms with Crippen LogP contribution >= 0.6 is 0 Å². The number of amides is 1. The van der Waals surface area contributed by atoms with Crippen molar-refractivity contribution >= 4 is 5.91 Å². The highest BCUT2D eigenvalue weighted by Crippen LogP contribution is 2.31. The molecule has 0 aromatic heterocycles. The Morgan fingerprint density at radius 3 is 2.75 bits per heavy atom. The van der Waals surface area contributed by atoms with Crippen LogP contribution in [0.15, 0.2) is 12.7 Å². The summed E-state index contributed by atoms with van der Waals surface area (Å²) in [4.78, 5) is 11.9. The highest BCUT2D eigenvalue weighted by Gasteiger charge is 2.24. The Morgan fingerprint density at radius 1 is 1.50 bits per heavy atom. The van der Waals surface area contributed by atoms with E-state index in [2.05, 4.69) is 11.9 Å². The molecule has 92 valence electrons. The quantitative estimate of drug-likeness (QED) is 0.659. The molecule has 1 unspecified atom stereocenters. The fraction of sp³-hybridized carbons (Fsp3) is 0.786. The zero-order valence-electron chi connectivity index (χ0n) is 10.5. The van der Waals surface area contributed by atoms with Gasteiger partial charge in [0.15, 0.2) is 0 Å². The lowest BCUT2D eigenvalue weighted by Gasteiger charge is -2.19. The molecule has 0 aromatic carbocycles. The van der Waals surface area contributed by atoms with E-state index in [9.17, 15) is 4.79 Å². The van der Waals surface area contributed by atoms with Crippen molar-refractivity contribution in [3.8, 4) is 0 Å². The minimum absolute atomic E-state index is 0.209. The van der Waals surface area contributed by atoms with E-state index in [1.807, 2.05) is 13.0 Å². The summed E-state index contributed by atoms with van der Waals surface area (Å²) in [5, 5.41) is 2.96. The first-order valence-electron chi connectivity index (χ1n) is 6.66. The first kappa shape index (κ1) is 13.3. The first-order chi connectivity index (χ1) is 7.77. The average Bonchev–Trinajstić information content (AvgIpc) is 2.77. The van der Waals surface area contributed by atoms with Crippen LogP contribution in [0.5, 0.6) is 0 Å². The SMILES string of the molecule is C=CCCC(CC1CCCC1)C(=O)NCC. The normalized spacial score (nSPS) is 18.3. The predicted molar refractivity (Wildman–Crippen MR) is 68.2 cm³/mol. The van der Waals surface area contributed by atoms with Crippen molar-refractivity contribution in [3.05, 3.63) is 12.7 Å². The molecule has 1 aliphatic rings. The van der Waals surface area contributed by atoms with Crippen molar-refractivity contribution in [2.24, 2.45) is 11.8 Å². The minimum Gasteiger partial charge on any atom is -0.356 e. The van der Waals surface area contributed by atoms with Gasteiger partial charge in [-0.05, 0) is 32.1 Å². The van der Waals surface area contributed by atoms with Gasteiger partial charge in [0.05, 0.1) is 0 Å². The molecule has 0 aliphatic heterocycles. The van der Waals surface area contributed by atoms with Gasteiger partial charge in [-0.3, -0.25) is 4.79 Å². The average molecular weight is 223 g/mol. The molecule has 0 bridgehead atoms. The number of hydrogen-bond acceptors (Lipinski definition) is 1. The summed E-state index contributed by atoms with van der Waals surface area (Å²) in [5.41, 5.74) is 0. The maximum Gasteiger partial charge on any atom is 0.223 e. The molecule has 1 rings (SSSR count). The molecule has 1 atom stereocenters. The van der Waals surface area contributed by atoms with Crippen molar-refractivity contribution in [2.45, 2.75) is 51.9 Å². The standard InChI is InChI=1S/C14H25NO/c1-3-5-10-13(14(16)15-4-2)11-12-8-6-7-9-12/h3,12-13H,1,4-11H2,2H3,(H,15,16). The minimum atomic E-state index is 0.209. The smallest absolute Gasteiger partial charge is 0.223 e. The number of rotatable bonds is 7. The van der Waals surface area contributed by atoms with E-state index in [1.54, 1.807) is 0 Å². The third-order valence-electron chi connectivity index (χ3n) is 3.53. The van der Waals surface area contributed by atoms with Crippen molar-refractivity contribution in [1.82, 2.24) is 5.32 Å². The topological polar surface area (TPSA) is 29.1 Å². The highest BCUT2D eigenvalue weighted by molar-refractivity contribution is 5.78. The Hall–Kier alpha value is -0.790. The van der Waals surface area contributed by atoms with Crippen molar-refractivity contribution in [3.63, 3.8) is 0 Å². The molecule has 1 fully saturated rings. The molecule has 0 heterocycles. The van der Waals surface area contributed by atoms with Crippen LogP contribution in [0.2, 0.25) is 0 Å². The van der Waals surface area contributed by atoms with Crippen molar-refractivity contribution in [2.75, 3.05) is 6.54 Å². The summed E-state index contributed by atoms with van der Waals surface area (Å²) in [6.45, 7) is 6.47. The Kier molecular flexibility index (Phi) is 6.20. The van der Waals surface area contributed by atoms with E-state index in [0.717, 1.165) is 31.7 Å². The van der Waals surface area contributed by atoms with E-state index in [-0.39, 0.29) is 11.8 Å². The number of carbonyl (C=O) groups is 1. The van der Waals surface area contributed by atoms with E-state index < -0.39 is 0 Å². The van der Waals surface area contributed by atoms with E-state index in [4.69, 9.17) is 0 Å². The Bertz CT molecular complexity index is 219. The second kappa shape index (κ2) is 7.48. The maximum absolute atomic E-state index is 11.9. The van der Waals surface area contributed by atoms with Gasteiger partial charge in [-0.1, -0.05) is 31.8 Å². The fourth-order valence-electron chi connectivity index (χ4n) is 2.64. The summed E-state index contributed by atoms with van der Waals surface area (Å²) in [5.74, 6) is 1.25. The maximum atomic E-state index is 11.9. The van der Waals surface area contributed by atoms with Crippen LogP contribution in [0.4, 0.5) is 0 Å². The Morgan fingerprint density at radius 2 is 2.19 bits per heavy atom. The van der Waals surface area contributed by atoms with Crippen LogP contribution in [-0.4, -0.2) is 12.5 Å². The molecular weight excluding hydrogens is 198 g/mol. The summed E-state index contributed by atoms with van der Waals surface area (Å²) >= 11 is 0. The molecule has 2 nitrogen and oxygen atoms in total. The summed E-state index contributed by atoms with van der Waals surface area (Å²) < 4.78 is 0. The second-order valence-corrected chi connectivity index (χ2v) is 4.84. The number of allylic oxidation sites excluding steroid dienone is 1. The Balaban J connectivity index is 2.41. The van der Waals surface area contributed by atoms with Crippen LogP contribution in [0.25, 0.3) is 0 Å². The van der Waals surface area contributed by atoms with Gasteiger partial charge >= 0.3 is 0 Å². The van der Waals surface area contributed by atoms with Gasteiger partial charge in [0.2, 0.25) is 5.91 Å². The van der Waals surface area contributed by atoms with E-state index in [1.165, 1.54) is 25.7 Å². The van der Waals surface area contributed by atoms with Gasteiger partial charge in [0.25, 0.3) is 0 Å². The molecule has 1 aliphatic carbocycles. The highest BCUT2D eigenvalue weighted by atomic mass is 16.1. The van der Waals surface area contributed by atoms with Gasteiger partial charge in [-0.2, -0.15) is 0 Å². The first-order valence-corrected chi connectivity index (χ1v) is 6.66. The monoisotopic (exact) mass is 223 g/mol. The lowest BCUT2D eigenvalue weighted by Crippen LogP contribution is -2.31. The number of carbonyl (C=O) groups excluding carboxylic acids is 1. The molecule has 2 heteroatoms. The fourth-order valence-corrected chi connectivity index (χ4v) is 2.64. The number of hydrogen-bond donors (Lipinski definition) is 1. The molecule has 0 spiro atoms. The lowest BCUT2D eigenvalue weighted by atomic mass is 9.89. The van der Waals surface area contributed by atoms with Crippen LogP contribution < -0.4 is 5.32 Å². The zero-order valence-corrected chi connectivity index (χ0v) is 10.5. The molecular formula is C14H25NO. The van der Waals surface area contributed by atoms with Gasteiger partial charge in [-0.15, -0.1) is 6.58 Å². The third kappa shape index (κ3) is 4.38. The van der Waals surface area contributed by atoms with Crippen molar-refractivity contribution in [1.29, 1.82) is 0 Å². The number of nitrogens with one attached hydrogen (secondary N) is 1. The predicted octanol–water partition coefficient (Wildman–Crippen LogP) is 3.29. The van der Waals surface area contributed by atoms with Crippen LogP contribution in [0.1, 0.15) is 51.9 Å². The molecule has 0 aromatic rings. The van der Waals surface area contributed by atoms with Gasteiger partial charge < -0.3 is 5.32 Å². The second-order valence-electron chi connectivity index (χ2n) is 4.84. The van der Waals surface area contributed by atoms with E-state index in [0.29, 0.717) is 0 Å². The van der Waals surface area contributed by atoms with Crippen LogP contribution in [0, 0.1) is 11.8 Å². The summed E-state index contributed by atoms with van der Waals surface area (Å²) in [6, 6.07) is 0. The summed E-state index contributed by atoms with van der Waals surface area (Å²) in [6.07, 6.45) is 10.3. The van der Waals surface area contributed by atoms with Gasteiger partial charge in [-0.25, -0.2) is 0 Å². The zero-order chi connectivity index (χ0) is 11.8. The Labute approximate surface area is 99.5 Å².